The number of nitrogen functional groups attached to an aromatic ring is 2. The first-order chi connectivity index (χ1) is 28.3. The van der Waals surface area contributed by atoms with Crippen LogP contribution in [-0.2, 0) is 16.1 Å². The SMILES string of the molecule is Nc1ccc2c(c1)C1(N=c3/c(=C4\C(=O)C(c5ccc6cccc7c6c5NC5(N7)c6ccccc6-c6ccc(N)cc65)=C4O)ccc4cccc(c34)N1)c1ccccc1-2. The molecule has 13 rings (SSSR count). The standard InChI is InChI=1S/C50H32N6O2/c51-27-17-21-31-29-9-1-3-11-35(29)49(37(31)23-27)53-39-13-5-7-25-15-19-33(45(55-49)41(25)39)43-47(57)44(48(43)58)34-20-16-26-8-6-14-40-42(26)46(34)56-50(54-40)36-12-4-2-10-30(36)32-22-18-28(52)24-38(32)50/h1-24,53-55,57H,51-52H2/b44-34-. The summed E-state index contributed by atoms with van der Waals surface area (Å²) in [5.74, 6) is -0.306. The molecule has 5 aliphatic rings. The zero-order chi connectivity index (χ0) is 38.7. The second-order valence-electron chi connectivity index (χ2n) is 15.8. The molecule has 8 heteroatoms. The Kier molecular flexibility index (Phi) is 5.68. The van der Waals surface area contributed by atoms with Crippen molar-refractivity contribution in [2.24, 2.45) is 4.99 Å². The van der Waals surface area contributed by atoms with Crippen molar-refractivity contribution in [3.8, 4) is 22.3 Å². The number of carbonyl (C=O) groups excluding carboxylic acids is 1. The van der Waals surface area contributed by atoms with Gasteiger partial charge in [-0.2, -0.15) is 0 Å². The Morgan fingerprint density at radius 3 is 1.88 bits per heavy atom. The summed E-state index contributed by atoms with van der Waals surface area (Å²) in [4.78, 5) is 20.5. The molecule has 274 valence electrons. The summed E-state index contributed by atoms with van der Waals surface area (Å²) in [6, 6.07) is 48.7. The van der Waals surface area contributed by atoms with E-state index in [1.54, 1.807) is 0 Å². The van der Waals surface area contributed by atoms with Crippen LogP contribution in [0.1, 0.15) is 27.8 Å². The van der Waals surface area contributed by atoms with E-state index >= 15 is 0 Å². The third-order valence-corrected chi connectivity index (χ3v) is 12.9. The van der Waals surface area contributed by atoms with Crippen LogP contribution < -0.4 is 38.0 Å². The number of hydrogen-bond donors (Lipinski definition) is 6. The minimum Gasteiger partial charge on any atom is -0.506 e. The number of aliphatic hydroxyl groups is 1. The van der Waals surface area contributed by atoms with Crippen molar-refractivity contribution in [3.05, 3.63) is 190 Å². The maximum absolute atomic E-state index is 14.9. The normalized spacial score (nSPS) is 20.8. The van der Waals surface area contributed by atoms with Crippen LogP contribution in [-0.4, -0.2) is 10.9 Å². The number of aliphatic hydroxyl groups excluding tert-OH is 1. The molecule has 0 bridgehead atoms. The molecule has 0 fully saturated rings. The highest BCUT2D eigenvalue weighted by molar-refractivity contribution is 6.52. The molecule has 0 saturated heterocycles. The van der Waals surface area contributed by atoms with Gasteiger partial charge in [0, 0.05) is 66.6 Å². The van der Waals surface area contributed by atoms with Gasteiger partial charge in [0.25, 0.3) is 0 Å². The van der Waals surface area contributed by atoms with Crippen molar-refractivity contribution < 1.29 is 9.90 Å². The summed E-state index contributed by atoms with van der Waals surface area (Å²) in [6.45, 7) is 0. The molecule has 0 amide bonds. The van der Waals surface area contributed by atoms with Gasteiger partial charge in [-0.15, -0.1) is 0 Å². The zero-order valence-corrected chi connectivity index (χ0v) is 30.8. The quantitative estimate of drug-likeness (QED) is 0.0927. The van der Waals surface area contributed by atoms with Gasteiger partial charge in [-0.25, -0.2) is 4.99 Å². The Labute approximate surface area is 331 Å². The number of anilines is 5. The molecular weight excluding hydrogens is 717 g/mol. The fourth-order valence-corrected chi connectivity index (χ4v) is 10.4. The van der Waals surface area contributed by atoms with E-state index in [-0.39, 0.29) is 22.7 Å². The van der Waals surface area contributed by atoms with Crippen molar-refractivity contribution in [2.45, 2.75) is 11.3 Å². The molecule has 58 heavy (non-hydrogen) atoms. The zero-order valence-electron chi connectivity index (χ0n) is 30.8. The van der Waals surface area contributed by atoms with Crippen molar-refractivity contribution >= 4 is 66.9 Å². The predicted octanol–water partition coefficient (Wildman–Crippen LogP) is 8.51. The van der Waals surface area contributed by atoms with Crippen LogP contribution in [0.15, 0.2) is 156 Å². The first kappa shape index (κ1) is 31.4. The van der Waals surface area contributed by atoms with Gasteiger partial charge in [0.2, 0.25) is 5.78 Å². The van der Waals surface area contributed by atoms with Crippen molar-refractivity contribution in [2.75, 3.05) is 27.4 Å². The van der Waals surface area contributed by atoms with Crippen LogP contribution in [0.4, 0.5) is 28.4 Å². The number of carbonyl (C=O) groups is 1. The lowest BCUT2D eigenvalue weighted by Gasteiger charge is -2.41. The molecule has 0 saturated carbocycles. The Morgan fingerprint density at radius 1 is 0.517 bits per heavy atom. The molecule has 2 spiro atoms. The van der Waals surface area contributed by atoms with E-state index in [4.69, 9.17) is 16.5 Å². The van der Waals surface area contributed by atoms with Gasteiger partial charge in [0.15, 0.2) is 11.3 Å². The van der Waals surface area contributed by atoms with Gasteiger partial charge in [-0.05, 0) is 69.4 Å². The lowest BCUT2D eigenvalue weighted by Crippen LogP contribution is -2.45. The lowest BCUT2D eigenvalue weighted by molar-refractivity contribution is -0.109. The molecule has 0 radical (unpaired) electrons. The van der Waals surface area contributed by atoms with E-state index < -0.39 is 11.3 Å². The Bertz CT molecular complexity index is 3460. The van der Waals surface area contributed by atoms with Crippen LogP contribution in [0, 0.1) is 0 Å². The van der Waals surface area contributed by atoms with Gasteiger partial charge >= 0.3 is 0 Å². The largest absolute Gasteiger partial charge is 0.506 e. The first-order valence-corrected chi connectivity index (χ1v) is 19.4. The van der Waals surface area contributed by atoms with E-state index in [9.17, 15) is 9.90 Å². The fourth-order valence-electron chi connectivity index (χ4n) is 10.4. The van der Waals surface area contributed by atoms with Crippen molar-refractivity contribution in [3.63, 3.8) is 0 Å². The van der Waals surface area contributed by atoms with E-state index in [1.165, 1.54) is 0 Å². The summed E-state index contributed by atoms with van der Waals surface area (Å²) in [6.07, 6.45) is 0. The van der Waals surface area contributed by atoms with Crippen LogP contribution in [0.5, 0.6) is 0 Å². The highest BCUT2D eigenvalue weighted by Gasteiger charge is 2.49. The van der Waals surface area contributed by atoms with Gasteiger partial charge in [-0.3, -0.25) is 4.79 Å². The second kappa shape index (κ2) is 10.5. The van der Waals surface area contributed by atoms with Crippen LogP contribution in [0.2, 0.25) is 0 Å². The van der Waals surface area contributed by atoms with E-state index in [2.05, 4.69) is 64.5 Å². The minimum atomic E-state index is -1.00. The van der Waals surface area contributed by atoms with Crippen LogP contribution in [0.3, 0.4) is 0 Å². The number of rotatable bonds is 1. The van der Waals surface area contributed by atoms with Gasteiger partial charge < -0.3 is 32.5 Å². The number of hydrogen-bond acceptors (Lipinski definition) is 8. The maximum Gasteiger partial charge on any atom is 0.201 e. The number of benzene rings is 8. The summed E-state index contributed by atoms with van der Waals surface area (Å²) in [5, 5.41) is 28.9. The maximum atomic E-state index is 14.9. The average Bonchev–Trinajstić information content (AvgIpc) is 3.64. The number of nitrogens with zero attached hydrogens (tertiary/aromatic N) is 1. The highest BCUT2D eigenvalue weighted by atomic mass is 16.3. The van der Waals surface area contributed by atoms with Gasteiger partial charge in [0.1, 0.15) is 5.76 Å². The molecule has 8 N–H and O–H groups in total. The Hall–Kier alpha value is -7.84. The Balaban J connectivity index is 1.06. The molecular formula is C50H32N6O2. The smallest absolute Gasteiger partial charge is 0.201 e. The van der Waals surface area contributed by atoms with E-state index in [0.717, 1.165) is 83.1 Å². The molecule has 8 aromatic rings. The van der Waals surface area contributed by atoms with Crippen LogP contribution in [0.25, 0.3) is 54.9 Å². The van der Waals surface area contributed by atoms with Crippen LogP contribution >= 0.6 is 0 Å². The van der Waals surface area contributed by atoms with Crippen molar-refractivity contribution in [1.82, 2.24) is 0 Å². The minimum absolute atomic E-state index is 0.0590. The summed E-state index contributed by atoms with van der Waals surface area (Å²) in [5.41, 5.74) is 24.2. The molecule has 8 nitrogen and oxygen atoms in total. The van der Waals surface area contributed by atoms with Crippen molar-refractivity contribution in [1.29, 1.82) is 0 Å². The summed E-state index contributed by atoms with van der Waals surface area (Å²) < 4.78 is 0. The molecule has 0 aromatic heterocycles. The first-order valence-electron chi connectivity index (χ1n) is 19.4. The predicted molar refractivity (Wildman–Crippen MR) is 232 cm³/mol. The number of nitrogens with one attached hydrogen (secondary N) is 3. The molecule has 2 heterocycles. The molecule has 2 unspecified atom stereocenters. The number of allylic oxidation sites excluding steroid dienone is 2. The number of ketones is 1. The molecule has 2 aliphatic heterocycles. The topological polar surface area (TPSA) is 138 Å². The Morgan fingerprint density at radius 2 is 1.12 bits per heavy atom. The molecule has 2 atom stereocenters. The third-order valence-electron chi connectivity index (χ3n) is 12.9. The second-order valence-corrected chi connectivity index (χ2v) is 15.8. The number of fused-ring (bicyclic) bond motifs is 10. The summed E-state index contributed by atoms with van der Waals surface area (Å²) in [7, 11) is 0. The van der Waals surface area contributed by atoms with Gasteiger partial charge in [-0.1, -0.05) is 109 Å². The summed E-state index contributed by atoms with van der Waals surface area (Å²) >= 11 is 0. The monoisotopic (exact) mass is 748 g/mol. The number of nitrogens with two attached hydrogens (primary N) is 2. The van der Waals surface area contributed by atoms with Gasteiger partial charge in [0.05, 0.1) is 22.2 Å². The molecule has 8 aromatic carbocycles. The highest BCUT2D eigenvalue weighted by Crippen LogP contribution is 2.56. The lowest BCUT2D eigenvalue weighted by atomic mass is 9.79. The number of Topliss-reactive ketones (excluding diaryl/α,β-unsaturated/α-hetero) is 1. The average molecular weight is 749 g/mol. The van der Waals surface area contributed by atoms with E-state index in [0.29, 0.717) is 27.5 Å². The van der Waals surface area contributed by atoms with E-state index in [1.807, 2.05) is 97.1 Å². The third kappa shape index (κ3) is 3.70. The fraction of sp³-hybridized carbons (Fsp3) is 0.0400. The molecule has 3 aliphatic carbocycles.